The quantitative estimate of drug-likeness (QED) is 0.398. The summed E-state index contributed by atoms with van der Waals surface area (Å²) in [4.78, 5) is 4.44. The maximum absolute atomic E-state index is 6.29. The number of alkyl halides is 1. The Kier molecular flexibility index (Phi) is 5.77. The monoisotopic (exact) mass is 481 g/mol. The fourth-order valence-electron chi connectivity index (χ4n) is 1.99. The number of fused-ring (bicyclic) bond motifs is 1. The summed E-state index contributed by atoms with van der Waals surface area (Å²) in [6.07, 6.45) is 1.77. The summed E-state index contributed by atoms with van der Waals surface area (Å²) in [5, 5.41) is 2.55. The van der Waals surface area contributed by atoms with Crippen LogP contribution in [0.1, 0.15) is 20.8 Å². The smallest absolute Gasteiger partial charge is 0.158 e. The van der Waals surface area contributed by atoms with Crippen LogP contribution < -0.4 is 4.74 Å². The summed E-state index contributed by atoms with van der Waals surface area (Å²) in [7, 11) is 0. The van der Waals surface area contributed by atoms with Crippen LogP contribution in [0.2, 0.25) is 5.02 Å². The highest BCUT2D eigenvalue weighted by Crippen LogP contribution is 2.36. The molecule has 2 nitrogen and oxygen atoms in total. The molecule has 2 rings (SSSR count). The molecule has 0 bridgehead atoms. The lowest BCUT2D eigenvalue weighted by Gasteiger charge is -2.29. The number of hydrogen-bond acceptors (Lipinski definition) is 2. The molecular weight excluding hydrogens is 464 g/mol. The molecular formula is C16H18BrClINO. The summed E-state index contributed by atoms with van der Waals surface area (Å²) in [6, 6.07) is 5.79. The third kappa shape index (κ3) is 4.02. The molecule has 0 spiro atoms. The van der Waals surface area contributed by atoms with Crippen molar-refractivity contribution in [1.29, 1.82) is 0 Å². The van der Waals surface area contributed by atoms with Gasteiger partial charge in [-0.2, -0.15) is 0 Å². The van der Waals surface area contributed by atoms with Crippen LogP contribution in [0, 0.1) is 14.9 Å². The first kappa shape index (κ1) is 17.3. The van der Waals surface area contributed by atoms with Gasteiger partial charge in [-0.15, -0.1) is 0 Å². The van der Waals surface area contributed by atoms with E-state index < -0.39 is 0 Å². The van der Waals surface area contributed by atoms with E-state index in [1.807, 2.05) is 18.2 Å². The van der Waals surface area contributed by atoms with Crippen molar-refractivity contribution in [2.24, 2.45) is 11.3 Å². The molecule has 0 saturated heterocycles. The van der Waals surface area contributed by atoms with E-state index in [0.717, 1.165) is 25.6 Å². The molecule has 1 atom stereocenters. The van der Waals surface area contributed by atoms with Crippen LogP contribution in [0.25, 0.3) is 10.9 Å². The molecule has 0 N–H and O–H groups in total. The Labute approximate surface area is 152 Å². The van der Waals surface area contributed by atoms with E-state index in [0.29, 0.717) is 17.5 Å². The molecule has 0 radical (unpaired) electrons. The number of nitrogens with zero attached hydrogens (tertiary/aromatic N) is 1. The number of aromatic nitrogens is 1. The fourth-order valence-corrected chi connectivity index (χ4v) is 4.32. The van der Waals surface area contributed by atoms with Gasteiger partial charge in [0.1, 0.15) is 5.52 Å². The van der Waals surface area contributed by atoms with E-state index >= 15 is 0 Å². The van der Waals surface area contributed by atoms with Crippen molar-refractivity contribution < 1.29 is 4.74 Å². The molecule has 0 aliphatic carbocycles. The van der Waals surface area contributed by atoms with E-state index in [2.05, 4.69) is 64.3 Å². The van der Waals surface area contributed by atoms with Gasteiger partial charge in [0.15, 0.2) is 5.75 Å². The summed E-state index contributed by atoms with van der Waals surface area (Å²) in [5.74, 6) is 1.24. The molecule has 0 aliphatic rings. The van der Waals surface area contributed by atoms with E-state index in [1.54, 1.807) is 6.20 Å². The van der Waals surface area contributed by atoms with Gasteiger partial charge in [0.2, 0.25) is 0 Å². The highest BCUT2D eigenvalue weighted by molar-refractivity contribution is 14.1. The first-order valence-corrected chi connectivity index (χ1v) is 9.34. The zero-order valence-electron chi connectivity index (χ0n) is 12.3. The zero-order chi connectivity index (χ0) is 15.6. The van der Waals surface area contributed by atoms with E-state index in [1.165, 1.54) is 0 Å². The number of pyridine rings is 1. The maximum atomic E-state index is 6.29. The Hall–Kier alpha value is -0.0700. The van der Waals surface area contributed by atoms with Crippen molar-refractivity contribution in [3.05, 3.63) is 33.0 Å². The SMILES string of the molecule is CC(C)(C)C(CBr)COc1c(I)cc(Cl)c2cccnc12. The van der Waals surface area contributed by atoms with Gasteiger partial charge in [0.05, 0.1) is 15.2 Å². The van der Waals surface area contributed by atoms with Crippen LogP contribution in [-0.4, -0.2) is 16.9 Å². The third-order valence-corrected chi connectivity index (χ3v) is 5.49. The molecule has 2 aromatic rings. The van der Waals surface area contributed by atoms with Crippen LogP contribution in [0.3, 0.4) is 0 Å². The summed E-state index contributed by atoms with van der Waals surface area (Å²) in [5.41, 5.74) is 1.02. The lowest BCUT2D eigenvalue weighted by molar-refractivity contribution is 0.166. The molecule has 1 aromatic carbocycles. The molecule has 0 fully saturated rings. The largest absolute Gasteiger partial charge is 0.490 e. The van der Waals surface area contributed by atoms with Crippen LogP contribution in [-0.2, 0) is 0 Å². The lowest BCUT2D eigenvalue weighted by Crippen LogP contribution is -2.28. The predicted molar refractivity (Wildman–Crippen MR) is 102 cm³/mol. The molecule has 0 aliphatic heterocycles. The van der Waals surface area contributed by atoms with Gasteiger partial charge in [-0.1, -0.05) is 48.3 Å². The van der Waals surface area contributed by atoms with Crippen molar-refractivity contribution in [3.63, 3.8) is 0 Å². The molecule has 1 aromatic heterocycles. The summed E-state index contributed by atoms with van der Waals surface area (Å²) < 4.78 is 7.12. The zero-order valence-corrected chi connectivity index (χ0v) is 16.8. The van der Waals surface area contributed by atoms with Crippen LogP contribution in [0.15, 0.2) is 24.4 Å². The van der Waals surface area contributed by atoms with Gasteiger partial charge in [-0.25, -0.2) is 0 Å². The Balaban J connectivity index is 2.35. The Bertz CT molecular complexity index is 642. The highest BCUT2D eigenvalue weighted by Gasteiger charge is 2.25. The predicted octanol–water partition coefficient (Wildman–Crippen LogP) is 5.93. The standard InChI is InChI=1S/C16H18BrClINO/c1-16(2,3)10(8-17)9-21-15-13(19)7-12(18)11-5-4-6-20-14(11)15/h4-7,10H,8-9H2,1-3H3. The number of rotatable bonds is 4. The molecule has 0 amide bonds. The van der Waals surface area contributed by atoms with Gasteiger partial charge >= 0.3 is 0 Å². The first-order chi connectivity index (χ1) is 9.84. The molecule has 5 heteroatoms. The van der Waals surface area contributed by atoms with Crippen molar-refractivity contribution in [2.75, 3.05) is 11.9 Å². The minimum atomic E-state index is 0.185. The molecule has 114 valence electrons. The second-order valence-electron chi connectivity index (χ2n) is 6.10. The number of ether oxygens (including phenoxy) is 1. The number of hydrogen-bond donors (Lipinski definition) is 0. The van der Waals surface area contributed by atoms with Crippen molar-refractivity contribution in [2.45, 2.75) is 20.8 Å². The van der Waals surface area contributed by atoms with Gasteiger partial charge in [0.25, 0.3) is 0 Å². The maximum Gasteiger partial charge on any atom is 0.158 e. The van der Waals surface area contributed by atoms with Gasteiger partial charge in [-0.3, -0.25) is 4.98 Å². The number of halogens is 3. The van der Waals surface area contributed by atoms with Crippen molar-refractivity contribution >= 4 is 61.0 Å². The average molecular weight is 483 g/mol. The minimum Gasteiger partial charge on any atom is -0.490 e. The highest BCUT2D eigenvalue weighted by atomic mass is 127. The van der Waals surface area contributed by atoms with Gasteiger partial charge in [-0.05, 0) is 46.2 Å². The number of benzene rings is 1. The summed E-state index contributed by atoms with van der Waals surface area (Å²) in [6.45, 7) is 7.33. The Morgan fingerprint density at radius 1 is 1.43 bits per heavy atom. The fraction of sp³-hybridized carbons (Fsp3) is 0.438. The van der Waals surface area contributed by atoms with E-state index in [4.69, 9.17) is 16.3 Å². The Morgan fingerprint density at radius 2 is 2.14 bits per heavy atom. The molecule has 1 unspecified atom stereocenters. The topological polar surface area (TPSA) is 22.1 Å². The third-order valence-electron chi connectivity index (χ3n) is 3.59. The van der Waals surface area contributed by atoms with Gasteiger partial charge in [0, 0.05) is 22.8 Å². The van der Waals surface area contributed by atoms with Crippen molar-refractivity contribution in [3.8, 4) is 5.75 Å². The molecule has 1 heterocycles. The van der Waals surface area contributed by atoms with Gasteiger partial charge < -0.3 is 4.74 Å². The molecule has 21 heavy (non-hydrogen) atoms. The second kappa shape index (κ2) is 7.01. The normalized spacial score (nSPS) is 13.4. The van der Waals surface area contributed by atoms with E-state index in [-0.39, 0.29) is 5.41 Å². The average Bonchev–Trinajstić information content (AvgIpc) is 2.41. The first-order valence-electron chi connectivity index (χ1n) is 6.76. The minimum absolute atomic E-state index is 0.185. The van der Waals surface area contributed by atoms with Crippen molar-refractivity contribution in [1.82, 2.24) is 4.98 Å². The lowest BCUT2D eigenvalue weighted by atomic mass is 9.83. The van der Waals surface area contributed by atoms with E-state index in [9.17, 15) is 0 Å². The van der Waals surface area contributed by atoms with Crippen LogP contribution in [0.4, 0.5) is 0 Å². The van der Waals surface area contributed by atoms with Crippen LogP contribution in [0.5, 0.6) is 5.75 Å². The molecule has 0 saturated carbocycles. The summed E-state index contributed by atoms with van der Waals surface area (Å²) >= 11 is 12.1. The Morgan fingerprint density at radius 3 is 2.76 bits per heavy atom. The van der Waals surface area contributed by atoms with Crippen LogP contribution >= 0.6 is 50.1 Å². The second-order valence-corrected chi connectivity index (χ2v) is 8.31.